The fourth-order valence-corrected chi connectivity index (χ4v) is 4.00. The Morgan fingerprint density at radius 3 is 2.92 bits per heavy atom. The monoisotopic (exact) mass is 363 g/mol. The van der Waals surface area contributed by atoms with Crippen molar-refractivity contribution in [3.8, 4) is 5.75 Å². The molecule has 0 saturated heterocycles. The Balaban J connectivity index is 1.93. The summed E-state index contributed by atoms with van der Waals surface area (Å²) >= 11 is 2.75. The van der Waals surface area contributed by atoms with Gasteiger partial charge in [-0.25, -0.2) is 4.98 Å². The lowest BCUT2D eigenvalue weighted by Gasteiger charge is -2.10. The van der Waals surface area contributed by atoms with Crippen molar-refractivity contribution in [2.45, 2.75) is 10.9 Å². The highest BCUT2D eigenvalue weighted by atomic mass is 32.2. The van der Waals surface area contributed by atoms with Crippen LogP contribution < -0.4 is 10.3 Å². The summed E-state index contributed by atoms with van der Waals surface area (Å²) in [4.78, 5) is 28.0. The normalized spacial score (nSPS) is 10.9. The van der Waals surface area contributed by atoms with Crippen LogP contribution >= 0.6 is 23.1 Å². The maximum absolute atomic E-state index is 12.3. The molecule has 0 amide bonds. The van der Waals surface area contributed by atoms with Gasteiger partial charge < -0.3 is 4.74 Å². The zero-order chi connectivity index (χ0) is 17.3. The molecule has 3 aromatic rings. The lowest BCUT2D eigenvalue weighted by Crippen LogP contribution is -2.19. The molecule has 0 atom stereocenters. The number of nitro groups is 1. The Hall–Kier alpha value is -2.39. The summed E-state index contributed by atoms with van der Waals surface area (Å²) < 4.78 is 6.75. The van der Waals surface area contributed by atoms with Gasteiger partial charge in [-0.05, 0) is 17.5 Å². The molecule has 2 aromatic heterocycles. The van der Waals surface area contributed by atoms with E-state index < -0.39 is 4.92 Å². The van der Waals surface area contributed by atoms with Gasteiger partial charge in [-0.1, -0.05) is 11.8 Å². The lowest BCUT2D eigenvalue weighted by atomic mass is 10.2. The molecule has 3 rings (SSSR count). The Bertz CT molecular complexity index is 980. The van der Waals surface area contributed by atoms with Gasteiger partial charge in [-0.15, -0.1) is 11.3 Å². The first-order valence-corrected chi connectivity index (χ1v) is 8.76. The van der Waals surface area contributed by atoms with Gasteiger partial charge in [-0.2, -0.15) is 0 Å². The SMILES string of the molecule is COc1ccc([N+](=O)[O-])cc1CSc1nc2sccc2c(=O)n1C. The van der Waals surface area contributed by atoms with Crippen LogP contribution in [0.5, 0.6) is 5.75 Å². The van der Waals surface area contributed by atoms with Crippen molar-refractivity contribution >= 4 is 39.0 Å². The van der Waals surface area contributed by atoms with Crippen LogP contribution in [-0.2, 0) is 12.8 Å². The van der Waals surface area contributed by atoms with E-state index in [0.29, 0.717) is 32.4 Å². The fourth-order valence-electron chi connectivity index (χ4n) is 2.24. The zero-order valence-corrected chi connectivity index (χ0v) is 14.5. The number of ether oxygens (including phenoxy) is 1. The summed E-state index contributed by atoms with van der Waals surface area (Å²) in [5.74, 6) is 0.970. The Labute approximate surface area is 145 Å². The van der Waals surface area contributed by atoms with Crippen LogP contribution in [0.25, 0.3) is 10.2 Å². The second-order valence-corrected chi connectivity index (χ2v) is 6.78. The number of rotatable bonds is 5. The molecule has 0 bridgehead atoms. The first kappa shape index (κ1) is 16.5. The number of fused-ring (bicyclic) bond motifs is 1. The van der Waals surface area contributed by atoms with Crippen molar-refractivity contribution in [1.29, 1.82) is 0 Å². The maximum atomic E-state index is 12.3. The van der Waals surface area contributed by atoms with Crippen molar-refractivity contribution in [2.24, 2.45) is 7.05 Å². The van der Waals surface area contributed by atoms with Crippen LogP contribution in [0.4, 0.5) is 5.69 Å². The smallest absolute Gasteiger partial charge is 0.270 e. The van der Waals surface area contributed by atoms with Crippen molar-refractivity contribution in [3.63, 3.8) is 0 Å². The Morgan fingerprint density at radius 2 is 2.21 bits per heavy atom. The molecule has 0 N–H and O–H groups in total. The van der Waals surface area contributed by atoms with Gasteiger partial charge in [0.25, 0.3) is 11.2 Å². The fraction of sp³-hybridized carbons (Fsp3) is 0.200. The number of benzene rings is 1. The first-order chi connectivity index (χ1) is 11.5. The third kappa shape index (κ3) is 3.00. The highest BCUT2D eigenvalue weighted by Gasteiger charge is 2.14. The number of nitro benzene ring substituents is 1. The van der Waals surface area contributed by atoms with Gasteiger partial charge in [0.05, 0.1) is 17.4 Å². The number of thioether (sulfide) groups is 1. The number of hydrogen-bond acceptors (Lipinski definition) is 7. The quantitative estimate of drug-likeness (QED) is 0.299. The first-order valence-electron chi connectivity index (χ1n) is 6.89. The summed E-state index contributed by atoms with van der Waals surface area (Å²) in [7, 11) is 3.18. The van der Waals surface area contributed by atoms with E-state index in [-0.39, 0.29) is 11.2 Å². The van der Waals surface area contributed by atoms with Gasteiger partial charge in [0, 0.05) is 30.5 Å². The number of nitrogens with zero attached hydrogens (tertiary/aromatic N) is 3. The molecule has 24 heavy (non-hydrogen) atoms. The summed E-state index contributed by atoms with van der Waals surface area (Å²) in [5, 5.41) is 13.9. The van der Waals surface area contributed by atoms with Gasteiger partial charge in [0.1, 0.15) is 10.6 Å². The van der Waals surface area contributed by atoms with Crippen molar-refractivity contribution in [1.82, 2.24) is 9.55 Å². The minimum absolute atomic E-state index is 0.00181. The van der Waals surface area contributed by atoms with Crippen LogP contribution in [0.2, 0.25) is 0 Å². The predicted octanol–water partition coefficient (Wildman–Crippen LogP) is 3.20. The van der Waals surface area contributed by atoms with Gasteiger partial charge in [0.2, 0.25) is 0 Å². The van der Waals surface area contributed by atoms with Crippen LogP contribution in [0.3, 0.4) is 0 Å². The van der Waals surface area contributed by atoms with E-state index >= 15 is 0 Å². The topological polar surface area (TPSA) is 87.3 Å². The highest BCUT2D eigenvalue weighted by Crippen LogP contribution is 2.30. The lowest BCUT2D eigenvalue weighted by molar-refractivity contribution is -0.384. The van der Waals surface area contributed by atoms with E-state index in [1.165, 1.54) is 46.9 Å². The van der Waals surface area contributed by atoms with E-state index in [1.54, 1.807) is 19.2 Å². The molecule has 124 valence electrons. The summed E-state index contributed by atoms with van der Waals surface area (Å²) in [6.45, 7) is 0. The number of aromatic nitrogens is 2. The standard InChI is InChI=1S/C15H13N3O4S2/c1-17-14(19)11-5-6-23-13(11)16-15(17)24-8-9-7-10(18(20)21)3-4-12(9)22-2/h3-7H,8H2,1-2H3. The molecule has 0 unspecified atom stereocenters. The molecule has 0 spiro atoms. The molecule has 0 aliphatic rings. The van der Waals surface area contributed by atoms with Crippen molar-refractivity contribution < 1.29 is 9.66 Å². The molecular formula is C15H13N3O4S2. The molecule has 0 radical (unpaired) electrons. The number of thiophene rings is 1. The molecule has 0 aliphatic heterocycles. The van der Waals surface area contributed by atoms with E-state index in [1.807, 2.05) is 5.38 Å². The van der Waals surface area contributed by atoms with E-state index in [9.17, 15) is 14.9 Å². The van der Waals surface area contributed by atoms with E-state index in [0.717, 1.165) is 0 Å². The van der Waals surface area contributed by atoms with Crippen LogP contribution in [-0.4, -0.2) is 21.6 Å². The Kier molecular flexibility index (Phi) is 4.54. The zero-order valence-electron chi connectivity index (χ0n) is 12.9. The second kappa shape index (κ2) is 6.62. The van der Waals surface area contributed by atoms with Gasteiger partial charge in [-0.3, -0.25) is 19.5 Å². The minimum Gasteiger partial charge on any atom is -0.496 e. The molecule has 2 heterocycles. The van der Waals surface area contributed by atoms with E-state index in [2.05, 4.69) is 4.98 Å². The third-order valence-corrected chi connectivity index (χ3v) is 5.38. The molecule has 0 saturated carbocycles. The van der Waals surface area contributed by atoms with Gasteiger partial charge >= 0.3 is 0 Å². The molecule has 1 aromatic carbocycles. The van der Waals surface area contributed by atoms with Crippen LogP contribution in [0.15, 0.2) is 39.6 Å². The second-order valence-electron chi connectivity index (χ2n) is 4.94. The summed E-state index contributed by atoms with van der Waals surface area (Å²) in [6, 6.07) is 6.21. The largest absolute Gasteiger partial charge is 0.496 e. The molecule has 9 heteroatoms. The van der Waals surface area contributed by atoms with Crippen LogP contribution in [0.1, 0.15) is 5.56 Å². The van der Waals surface area contributed by atoms with Gasteiger partial charge in [0.15, 0.2) is 5.16 Å². The maximum Gasteiger partial charge on any atom is 0.270 e. The third-order valence-electron chi connectivity index (χ3n) is 3.50. The number of hydrogen-bond donors (Lipinski definition) is 0. The minimum atomic E-state index is -0.445. The molecule has 0 aliphatic carbocycles. The summed E-state index contributed by atoms with van der Waals surface area (Å²) in [5.41, 5.74) is 0.578. The Morgan fingerprint density at radius 1 is 1.42 bits per heavy atom. The van der Waals surface area contributed by atoms with E-state index in [4.69, 9.17) is 4.74 Å². The average Bonchev–Trinajstić information content (AvgIpc) is 3.05. The van der Waals surface area contributed by atoms with Crippen molar-refractivity contribution in [2.75, 3.05) is 7.11 Å². The molecule has 7 nitrogen and oxygen atoms in total. The predicted molar refractivity (Wildman–Crippen MR) is 94.1 cm³/mol. The number of non-ortho nitro benzene ring substituents is 1. The highest BCUT2D eigenvalue weighted by molar-refractivity contribution is 7.98. The van der Waals surface area contributed by atoms with Crippen LogP contribution in [0, 0.1) is 10.1 Å². The summed E-state index contributed by atoms with van der Waals surface area (Å²) in [6.07, 6.45) is 0. The average molecular weight is 363 g/mol. The molecular weight excluding hydrogens is 350 g/mol. The molecule has 0 fully saturated rings. The number of methoxy groups -OCH3 is 1. The van der Waals surface area contributed by atoms with Crippen molar-refractivity contribution in [3.05, 3.63) is 55.7 Å².